The Bertz CT molecular complexity index is 389. The first kappa shape index (κ1) is 14.3. The van der Waals surface area contributed by atoms with Gasteiger partial charge in [0.1, 0.15) is 12.4 Å². The Labute approximate surface area is 114 Å². The number of rotatable bonds is 8. The van der Waals surface area contributed by atoms with Crippen molar-refractivity contribution in [3.05, 3.63) is 29.8 Å². The van der Waals surface area contributed by atoms with Crippen LogP contribution in [0.2, 0.25) is 0 Å². The molecule has 0 aliphatic heterocycles. The Morgan fingerprint density at radius 3 is 2.42 bits per heavy atom. The first-order chi connectivity index (χ1) is 9.24. The summed E-state index contributed by atoms with van der Waals surface area (Å²) in [5.74, 6) is 1.28. The molecule has 0 spiro atoms. The van der Waals surface area contributed by atoms with Crippen LogP contribution in [0.1, 0.15) is 25.3 Å². The Hall–Kier alpha value is -1.10. The van der Waals surface area contributed by atoms with Gasteiger partial charge in [0.15, 0.2) is 0 Å². The quantitative estimate of drug-likeness (QED) is 0.663. The van der Waals surface area contributed by atoms with Crippen LogP contribution in [-0.4, -0.2) is 35.5 Å². The summed E-state index contributed by atoms with van der Waals surface area (Å²) in [7, 11) is 0. The molecule has 0 radical (unpaired) electrons. The van der Waals surface area contributed by atoms with Gasteiger partial charge in [-0.15, -0.1) is 0 Å². The van der Waals surface area contributed by atoms with E-state index >= 15 is 0 Å². The summed E-state index contributed by atoms with van der Waals surface area (Å²) >= 11 is 0. The average Bonchev–Trinajstić information content (AvgIpc) is 3.29. The maximum absolute atomic E-state index is 9.70. The third kappa shape index (κ3) is 3.47. The highest BCUT2D eigenvalue weighted by Crippen LogP contribution is 2.39. The fraction of sp³-hybridized carbons (Fsp3) is 0.600. The molecule has 19 heavy (non-hydrogen) atoms. The highest BCUT2D eigenvalue weighted by molar-refractivity contribution is 5.27. The summed E-state index contributed by atoms with van der Waals surface area (Å²) in [5.41, 5.74) is 0.555. The van der Waals surface area contributed by atoms with E-state index in [1.165, 1.54) is 0 Å². The van der Waals surface area contributed by atoms with Crippen molar-refractivity contribution in [3.8, 4) is 5.75 Å². The summed E-state index contributed by atoms with van der Waals surface area (Å²) in [5, 5.41) is 22.1. The lowest BCUT2D eigenvalue weighted by atomic mass is 9.95. The number of aliphatic hydroxyl groups excluding tert-OH is 2. The molecular formula is C15H23NO3. The molecule has 0 amide bonds. The van der Waals surface area contributed by atoms with Gasteiger partial charge in [0, 0.05) is 0 Å². The Kier molecular flexibility index (Phi) is 4.80. The predicted molar refractivity (Wildman–Crippen MR) is 74.1 cm³/mol. The van der Waals surface area contributed by atoms with Crippen molar-refractivity contribution >= 4 is 0 Å². The summed E-state index contributed by atoms with van der Waals surface area (Å²) in [6.07, 6.45) is 2.31. The molecule has 1 aliphatic carbocycles. The van der Waals surface area contributed by atoms with Crippen LogP contribution in [0.25, 0.3) is 0 Å². The van der Waals surface area contributed by atoms with E-state index < -0.39 is 0 Å². The minimum atomic E-state index is -0.315. The molecule has 2 rings (SSSR count). The zero-order chi connectivity index (χ0) is 13.7. The Morgan fingerprint density at radius 2 is 1.95 bits per heavy atom. The number of hydrogen-bond donors (Lipinski definition) is 3. The van der Waals surface area contributed by atoms with Crippen molar-refractivity contribution in [2.24, 2.45) is 5.92 Å². The largest absolute Gasteiger partial charge is 0.492 e. The van der Waals surface area contributed by atoms with Crippen molar-refractivity contribution in [2.45, 2.75) is 31.9 Å². The third-order valence-corrected chi connectivity index (χ3v) is 3.77. The third-order valence-electron chi connectivity index (χ3n) is 3.77. The Morgan fingerprint density at radius 1 is 1.26 bits per heavy atom. The van der Waals surface area contributed by atoms with Crippen LogP contribution in [0.15, 0.2) is 24.3 Å². The van der Waals surface area contributed by atoms with Gasteiger partial charge in [-0.3, -0.25) is 0 Å². The van der Waals surface area contributed by atoms with Gasteiger partial charge in [0.25, 0.3) is 0 Å². The number of benzene rings is 1. The van der Waals surface area contributed by atoms with Crippen molar-refractivity contribution in [1.29, 1.82) is 0 Å². The van der Waals surface area contributed by atoms with Gasteiger partial charge in [-0.05, 0) is 43.0 Å². The zero-order valence-electron chi connectivity index (χ0n) is 11.4. The van der Waals surface area contributed by atoms with Crippen molar-refractivity contribution in [3.63, 3.8) is 0 Å². The monoisotopic (exact) mass is 265 g/mol. The normalized spacial score (nSPS) is 18.1. The van der Waals surface area contributed by atoms with Gasteiger partial charge >= 0.3 is 0 Å². The molecule has 1 atom stereocenters. The second-order valence-corrected chi connectivity index (χ2v) is 5.21. The summed E-state index contributed by atoms with van der Waals surface area (Å²) in [4.78, 5) is 0. The molecule has 0 heterocycles. The van der Waals surface area contributed by atoms with Crippen LogP contribution in [-0.2, 0) is 6.61 Å². The highest BCUT2D eigenvalue weighted by atomic mass is 16.5. The molecular weight excluding hydrogens is 242 g/mol. The summed E-state index contributed by atoms with van der Waals surface area (Å²) < 4.78 is 5.81. The van der Waals surface area contributed by atoms with Gasteiger partial charge < -0.3 is 20.3 Å². The van der Waals surface area contributed by atoms with E-state index in [-0.39, 0.29) is 18.8 Å². The molecule has 1 aromatic carbocycles. The van der Waals surface area contributed by atoms with Crippen molar-refractivity contribution < 1.29 is 14.9 Å². The van der Waals surface area contributed by atoms with Crippen LogP contribution in [0.3, 0.4) is 0 Å². The van der Waals surface area contributed by atoms with Crippen LogP contribution in [0, 0.1) is 5.92 Å². The molecule has 0 saturated heterocycles. The molecule has 1 fully saturated rings. The lowest BCUT2D eigenvalue weighted by Gasteiger charge is -2.32. The van der Waals surface area contributed by atoms with E-state index in [9.17, 15) is 5.11 Å². The zero-order valence-corrected chi connectivity index (χ0v) is 11.4. The standard InChI is InChI=1S/C15H23NO3/c1-2-16-15(10-18,13-5-6-13)11-19-14-7-3-12(9-17)4-8-14/h3-4,7-8,13,16-18H,2,5-6,9-11H2,1H3. The highest BCUT2D eigenvalue weighted by Gasteiger charge is 2.45. The number of nitrogens with one attached hydrogen (secondary N) is 1. The van der Waals surface area contributed by atoms with Crippen LogP contribution >= 0.6 is 0 Å². The van der Waals surface area contributed by atoms with Crippen molar-refractivity contribution in [1.82, 2.24) is 5.32 Å². The molecule has 1 unspecified atom stereocenters. The second-order valence-electron chi connectivity index (χ2n) is 5.21. The lowest BCUT2D eigenvalue weighted by molar-refractivity contribution is 0.0864. The average molecular weight is 265 g/mol. The van der Waals surface area contributed by atoms with E-state index in [0.717, 1.165) is 30.7 Å². The van der Waals surface area contributed by atoms with Gasteiger partial charge in [-0.2, -0.15) is 0 Å². The number of likely N-dealkylation sites (N-methyl/N-ethyl adjacent to an activating group) is 1. The van der Waals surface area contributed by atoms with E-state index in [4.69, 9.17) is 9.84 Å². The van der Waals surface area contributed by atoms with Crippen molar-refractivity contribution in [2.75, 3.05) is 19.8 Å². The first-order valence-corrected chi connectivity index (χ1v) is 6.92. The molecule has 1 aromatic rings. The first-order valence-electron chi connectivity index (χ1n) is 6.92. The van der Waals surface area contributed by atoms with E-state index in [2.05, 4.69) is 5.32 Å². The summed E-state index contributed by atoms with van der Waals surface area (Å²) in [6, 6.07) is 7.40. The molecule has 0 aromatic heterocycles. The fourth-order valence-corrected chi connectivity index (χ4v) is 2.44. The maximum Gasteiger partial charge on any atom is 0.119 e. The van der Waals surface area contributed by atoms with Gasteiger partial charge in [-0.1, -0.05) is 19.1 Å². The molecule has 3 N–H and O–H groups in total. The van der Waals surface area contributed by atoms with Crippen LogP contribution in [0.4, 0.5) is 0 Å². The van der Waals surface area contributed by atoms with Gasteiger partial charge in [-0.25, -0.2) is 0 Å². The SMILES string of the molecule is CCNC(CO)(COc1ccc(CO)cc1)C1CC1. The molecule has 4 nitrogen and oxygen atoms in total. The molecule has 4 heteroatoms. The van der Waals surface area contributed by atoms with E-state index in [0.29, 0.717) is 12.5 Å². The molecule has 0 bridgehead atoms. The molecule has 106 valence electrons. The summed E-state index contributed by atoms with van der Waals surface area (Å²) in [6.45, 7) is 3.48. The number of hydrogen-bond acceptors (Lipinski definition) is 4. The smallest absolute Gasteiger partial charge is 0.119 e. The maximum atomic E-state index is 9.70. The second kappa shape index (κ2) is 6.37. The van der Waals surface area contributed by atoms with Gasteiger partial charge in [0.05, 0.1) is 18.8 Å². The Balaban J connectivity index is 1.97. The van der Waals surface area contributed by atoms with E-state index in [1.54, 1.807) is 0 Å². The number of ether oxygens (including phenoxy) is 1. The molecule has 1 saturated carbocycles. The van der Waals surface area contributed by atoms with E-state index in [1.807, 2.05) is 31.2 Å². The fourth-order valence-electron chi connectivity index (χ4n) is 2.44. The minimum absolute atomic E-state index is 0.0420. The predicted octanol–water partition coefficient (Wildman–Crippen LogP) is 1.31. The minimum Gasteiger partial charge on any atom is -0.492 e. The topological polar surface area (TPSA) is 61.7 Å². The van der Waals surface area contributed by atoms with Gasteiger partial charge in [0.2, 0.25) is 0 Å². The lowest BCUT2D eigenvalue weighted by Crippen LogP contribution is -2.55. The van der Waals surface area contributed by atoms with Crippen LogP contribution < -0.4 is 10.1 Å². The van der Waals surface area contributed by atoms with Crippen LogP contribution in [0.5, 0.6) is 5.75 Å². The molecule has 1 aliphatic rings. The number of aliphatic hydroxyl groups is 2.